The van der Waals surface area contributed by atoms with Gasteiger partial charge >= 0.3 is 5.76 Å². The number of rotatable bonds is 3. The van der Waals surface area contributed by atoms with Gasteiger partial charge in [0.1, 0.15) is 5.76 Å². The fourth-order valence-corrected chi connectivity index (χ4v) is 2.72. The molecule has 0 saturated carbocycles. The van der Waals surface area contributed by atoms with Gasteiger partial charge in [-0.1, -0.05) is 5.16 Å². The molecule has 0 atom stereocenters. The molecule has 2 heterocycles. The second kappa shape index (κ2) is 4.23. The van der Waals surface area contributed by atoms with E-state index in [0.29, 0.717) is 11.3 Å². The van der Waals surface area contributed by atoms with Gasteiger partial charge in [0.15, 0.2) is 11.4 Å². The molecule has 0 aliphatic heterocycles. The van der Waals surface area contributed by atoms with E-state index in [1.807, 2.05) is 0 Å². The van der Waals surface area contributed by atoms with Gasteiger partial charge in [0, 0.05) is 6.07 Å². The van der Waals surface area contributed by atoms with Crippen LogP contribution in [-0.4, -0.2) is 18.6 Å². The lowest BCUT2D eigenvalue weighted by atomic mass is 10.3. The zero-order valence-corrected chi connectivity index (χ0v) is 11.0. The zero-order chi connectivity index (χ0) is 14.3. The Morgan fingerprint density at radius 2 is 2.10 bits per heavy atom. The fraction of sp³-hybridized carbons (Fsp3) is 0.0909. The third kappa shape index (κ3) is 2.18. The average Bonchev–Trinajstić information content (AvgIpc) is 2.92. The van der Waals surface area contributed by atoms with E-state index >= 15 is 0 Å². The van der Waals surface area contributed by atoms with Gasteiger partial charge in [-0.05, 0) is 25.1 Å². The molecule has 3 rings (SSSR count). The molecule has 9 heteroatoms. The van der Waals surface area contributed by atoms with Crippen molar-refractivity contribution in [3.8, 4) is 0 Å². The van der Waals surface area contributed by atoms with Gasteiger partial charge < -0.3 is 8.94 Å². The van der Waals surface area contributed by atoms with Gasteiger partial charge in [0.25, 0.3) is 10.0 Å². The van der Waals surface area contributed by atoms with Crippen LogP contribution in [0.25, 0.3) is 11.1 Å². The molecule has 3 aromatic rings. The van der Waals surface area contributed by atoms with E-state index in [2.05, 4.69) is 14.9 Å². The van der Waals surface area contributed by atoms with Crippen LogP contribution in [0.5, 0.6) is 0 Å². The standard InChI is InChI=1S/C11H9N3O5S/c1-6-4-10(13-19-6)14-20(16,17)7-2-3-9-8(5-7)12-11(15)18-9/h2-5H,1H3,(H,12,15)(H,13,14). The highest BCUT2D eigenvalue weighted by molar-refractivity contribution is 7.92. The number of sulfonamides is 1. The van der Waals surface area contributed by atoms with E-state index in [1.54, 1.807) is 6.92 Å². The maximum Gasteiger partial charge on any atom is 0.417 e. The molecule has 0 unspecified atom stereocenters. The number of fused-ring (bicyclic) bond motifs is 1. The van der Waals surface area contributed by atoms with Crippen molar-refractivity contribution in [3.63, 3.8) is 0 Å². The topological polar surface area (TPSA) is 118 Å². The number of benzene rings is 1. The van der Waals surface area contributed by atoms with Gasteiger partial charge in [0.05, 0.1) is 10.4 Å². The van der Waals surface area contributed by atoms with Crippen molar-refractivity contribution in [1.29, 1.82) is 0 Å². The van der Waals surface area contributed by atoms with Crippen LogP contribution in [-0.2, 0) is 10.0 Å². The highest BCUT2D eigenvalue weighted by atomic mass is 32.2. The molecule has 2 N–H and O–H groups in total. The number of hydrogen-bond acceptors (Lipinski definition) is 6. The van der Waals surface area contributed by atoms with E-state index in [0.717, 1.165) is 0 Å². The Kier molecular flexibility index (Phi) is 2.64. The van der Waals surface area contributed by atoms with Gasteiger partial charge in [-0.25, -0.2) is 13.2 Å². The molecule has 0 saturated heterocycles. The Labute approximate surface area is 112 Å². The van der Waals surface area contributed by atoms with Crippen LogP contribution in [0.1, 0.15) is 5.76 Å². The Morgan fingerprint density at radius 3 is 2.80 bits per heavy atom. The van der Waals surface area contributed by atoms with Gasteiger partial charge in [-0.2, -0.15) is 0 Å². The summed E-state index contributed by atoms with van der Waals surface area (Å²) in [6.45, 7) is 1.65. The summed E-state index contributed by atoms with van der Waals surface area (Å²) < 4.78 is 36.1. The van der Waals surface area contributed by atoms with Crippen molar-refractivity contribution in [2.24, 2.45) is 0 Å². The molecular weight excluding hydrogens is 286 g/mol. The van der Waals surface area contributed by atoms with Crippen LogP contribution >= 0.6 is 0 Å². The lowest BCUT2D eigenvalue weighted by Gasteiger charge is -2.04. The number of H-pyrrole nitrogens is 1. The second-order valence-electron chi connectivity index (χ2n) is 4.10. The first-order valence-corrected chi connectivity index (χ1v) is 7.01. The lowest BCUT2D eigenvalue weighted by Crippen LogP contribution is -2.13. The smallest absolute Gasteiger partial charge is 0.408 e. The van der Waals surface area contributed by atoms with E-state index in [-0.39, 0.29) is 16.3 Å². The molecule has 2 aromatic heterocycles. The van der Waals surface area contributed by atoms with E-state index in [4.69, 9.17) is 8.94 Å². The Morgan fingerprint density at radius 1 is 1.30 bits per heavy atom. The SMILES string of the molecule is Cc1cc(NS(=O)(=O)c2ccc3oc(=O)[nH]c3c2)no1. The number of oxazole rings is 1. The second-order valence-corrected chi connectivity index (χ2v) is 5.78. The Hall–Kier alpha value is -2.55. The number of nitrogens with zero attached hydrogens (tertiary/aromatic N) is 1. The molecule has 0 aliphatic carbocycles. The molecule has 0 bridgehead atoms. The number of aryl methyl sites for hydroxylation is 1. The van der Waals surface area contributed by atoms with E-state index in [1.165, 1.54) is 24.3 Å². The maximum atomic E-state index is 12.1. The molecule has 0 spiro atoms. The van der Waals surface area contributed by atoms with Crippen LogP contribution in [0.3, 0.4) is 0 Å². The summed E-state index contributed by atoms with van der Waals surface area (Å²) in [5, 5.41) is 3.55. The largest absolute Gasteiger partial charge is 0.417 e. The molecular formula is C11H9N3O5S. The van der Waals surface area contributed by atoms with Crippen molar-refractivity contribution >= 4 is 26.9 Å². The minimum Gasteiger partial charge on any atom is -0.408 e. The molecule has 20 heavy (non-hydrogen) atoms. The highest BCUT2D eigenvalue weighted by Gasteiger charge is 2.17. The molecule has 0 fully saturated rings. The van der Waals surface area contributed by atoms with Crippen molar-refractivity contribution in [2.75, 3.05) is 4.72 Å². The summed E-state index contributed by atoms with van der Waals surface area (Å²) in [6, 6.07) is 5.48. The van der Waals surface area contributed by atoms with Crippen molar-refractivity contribution in [2.45, 2.75) is 11.8 Å². The van der Waals surface area contributed by atoms with Crippen molar-refractivity contribution in [3.05, 3.63) is 40.6 Å². The van der Waals surface area contributed by atoms with Crippen LogP contribution in [0, 0.1) is 6.92 Å². The van der Waals surface area contributed by atoms with E-state index in [9.17, 15) is 13.2 Å². The van der Waals surface area contributed by atoms with Crippen LogP contribution in [0.15, 0.2) is 42.9 Å². The number of hydrogen-bond donors (Lipinski definition) is 2. The van der Waals surface area contributed by atoms with E-state index < -0.39 is 15.8 Å². The predicted octanol–water partition coefficient (Wildman–Crippen LogP) is 1.22. The quantitative estimate of drug-likeness (QED) is 0.750. The first kappa shape index (κ1) is 12.5. The summed E-state index contributed by atoms with van der Waals surface area (Å²) in [5.41, 5.74) is 0.584. The maximum absolute atomic E-state index is 12.1. The Balaban J connectivity index is 2.01. The molecule has 0 aliphatic rings. The number of anilines is 1. The van der Waals surface area contributed by atoms with Gasteiger partial charge in [-0.15, -0.1) is 0 Å². The van der Waals surface area contributed by atoms with Crippen LogP contribution in [0.4, 0.5) is 5.82 Å². The van der Waals surface area contributed by atoms with Crippen LogP contribution in [0.2, 0.25) is 0 Å². The molecule has 0 amide bonds. The lowest BCUT2D eigenvalue weighted by molar-refractivity contribution is 0.400. The number of aromatic nitrogens is 2. The fourth-order valence-electron chi connectivity index (χ4n) is 1.71. The minimum atomic E-state index is -3.82. The van der Waals surface area contributed by atoms with Crippen molar-refractivity contribution < 1.29 is 17.4 Å². The predicted molar refractivity (Wildman–Crippen MR) is 68.9 cm³/mol. The molecule has 104 valence electrons. The summed E-state index contributed by atoms with van der Waals surface area (Å²) in [6.07, 6.45) is 0. The van der Waals surface area contributed by atoms with Gasteiger partial charge in [0.2, 0.25) is 0 Å². The molecule has 1 aromatic carbocycles. The highest BCUT2D eigenvalue weighted by Crippen LogP contribution is 2.19. The summed E-state index contributed by atoms with van der Waals surface area (Å²) in [5.74, 6) is -0.0739. The first-order chi connectivity index (χ1) is 9.44. The van der Waals surface area contributed by atoms with Gasteiger partial charge in [-0.3, -0.25) is 9.71 Å². The first-order valence-electron chi connectivity index (χ1n) is 5.53. The summed E-state index contributed by atoms with van der Waals surface area (Å²) >= 11 is 0. The monoisotopic (exact) mass is 295 g/mol. The third-order valence-electron chi connectivity index (χ3n) is 2.57. The molecule has 8 nitrogen and oxygen atoms in total. The Bertz CT molecular complexity index is 934. The van der Waals surface area contributed by atoms with Crippen LogP contribution < -0.4 is 10.5 Å². The normalized spacial score (nSPS) is 11.8. The summed E-state index contributed by atoms with van der Waals surface area (Å²) in [4.78, 5) is 13.4. The number of nitrogens with one attached hydrogen (secondary N) is 2. The minimum absolute atomic E-state index is 0.0253. The zero-order valence-electron chi connectivity index (χ0n) is 10.2. The molecule has 0 radical (unpaired) electrons. The summed E-state index contributed by atoms with van der Waals surface area (Å²) in [7, 11) is -3.82. The average molecular weight is 295 g/mol. The number of aromatic amines is 1. The third-order valence-corrected chi connectivity index (χ3v) is 3.92. The van der Waals surface area contributed by atoms with Crippen molar-refractivity contribution in [1.82, 2.24) is 10.1 Å².